The summed E-state index contributed by atoms with van der Waals surface area (Å²) in [6.07, 6.45) is 3.78. The van der Waals surface area contributed by atoms with Crippen molar-refractivity contribution in [2.75, 3.05) is 7.05 Å². The number of rotatable bonds is 3. The topological polar surface area (TPSA) is 46.9 Å². The number of hydrogen-bond acceptors (Lipinski definition) is 2. The highest BCUT2D eigenvalue weighted by molar-refractivity contribution is 5.77. The summed E-state index contributed by atoms with van der Waals surface area (Å²) in [5.74, 6) is 0.808. The molecule has 4 nitrogen and oxygen atoms in total. The van der Waals surface area contributed by atoms with Gasteiger partial charge in [0.15, 0.2) is 0 Å². The minimum atomic E-state index is -0.0336. The summed E-state index contributed by atoms with van der Waals surface area (Å²) in [6, 6.07) is 0. The molecule has 4 heteroatoms. The van der Waals surface area contributed by atoms with Gasteiger partial charge in [0.25, 0.3) is 0 Å². The first-order valence-electron chi connectivity index (χ1n) is 4.05. The van der Waals surface area contributed by atoms with E-state index in [0.717, 1.165) is 11.5 Å². The molecule has 0 spiro atoms. The lowest BCUT2D eigenvalue weighted by Crippen LogP contribution is -2.20. The smallest absolute Gasteiger partial charge is 0.225 e. The lowest BCUT2D eigenvalue weighted by Gasteiger charge is -1.93. The van der Waals surface area contributed by atoms with Gasteiger partial charge in [-0.25, -0.2) is 4.98 Å². The maximum Gasteiger partial charge on any atom is 0.225 e. The van der Waals surface area contributed by atoms with E-state index in [1.165, 1.54) is 0 Å². The molecule has 1 amide bonds. The summed E-state index contributed by atoms with van der Waals surface area (Å²) < 4.78 is 1.79. The van der Waals surface area contributed by atoms with Crippen LogP contribution in [0, 0.1) is 6.92 Å². The van der Waals surface area contributed by atoms with Crippen LogP contribution in [0.5, 0.6) is 0 Å². The van der Waals surface area contributed by atoms with Gasteiger partial charge in [-0.1, -0.05) is 6.58 Å². The molecule has 0 bridgehead atoms. The zero-order valence-corrected chi connectivity index (χ0v) is 7.87. The van der Waals surface area contributed by atoms with Crippen LogP contribution >= 0.6 is 0 Å². The van der Waals surface area contributed by atoms with Gasteiger partial charge in [-0.05, 0) is 6.92 Å². The van der Waals surface area contributed by atoms with Crippen LogP contribution in [0.3, 0.4) is 0 Å². The van der Waals surface area contributed by atoms with Crippen LogP contribution in [0.4, 0.5) is 0 Å². The van der Waals surface area contributed by atoms with Crippen LogP contribution in [0.2, 0.25) is 0 Å². The van der Waals surface area contributed by atoms with Gasteiger partial charge in [-0.2, -0.15) is 0 Å². The third kappa shape index (κ3) is 2.18. The Morgan fingerprint density at radius 2 is 2.54 bits per heavy atom. The lowest BCUT2D eigenvalue weighted by molar-refractivity contribution is -0.120. The molecule has 0 saturated heterocycles. The Kier molecular flexibility index (Phi) is 2.84. The summed E-state index contributed by atoms with van der Waals surface area (Å²) in [5, 5.41) is 2.55. The zero-order valence-electron chi connectivity index (χ0n) is 7.87. The Bertz CT molecular complexity index is 328. The van der Waals surface area contributed by atoms with Crippen molar-refractivity contribution in [1.29, 1.82) is 0 Å². The van der Waals surface area contributed by atoms with E-state index in [2.05, 4.69) is 16.9 Å². The Labute approximate surface area is 77.3 Å². The number of amides is 1. The van der Waals surface area contributed by atoms with Crippen LogP contribution in [-0.4, -0.2) is 22.5 Å². The van der Waals surface area contributed by atoms with E-state index >= 15 is 0 Å². The van der Waals surface area contributed by atoms with E-state index in [1.54, 1.807) is 24.0 Å². The molecule has 0 fully saturated rings. The highest BCUT2D eigenvalue weighted by Gasteiger charge is 2.05. The van der Waals surface area contributed by atoms with Gasteiger partial charge in [0.2, 0.25) is 5.91 Å². The molecule has 70 valence electrons. The lowest BCUT2D eigenvalue weighted by atomic mass is 10.3. The van der Waals surface area contributed by atoms with Gasteiger partial charge in [-0.3, -0.25) is 4.79 Å². The number of carbonyl (C=O) groups excluding carboxylic acids is 1. The average molecular weight is 179 g/mol. The van der Waals surface area contributed by atoms with Crippen molar-refractivity contribution in [1.82, 2.24) is 14.9 Å². The number of carbonyl (C=O) groups is 1. The number of aryl methyl sites for hydroxylation is 1. The van der Waals surface area contributed by atoms with Crippen molar-refractivity contribution < 1.29 is 4.79 Å². The average Bonchev–Trinajstić information content (AvgIpc) is 2.46. The van der Waals surface area contributed by atoms with E-state index in [-0.39, 0.29) is 5.91 Å². The molecule has 1 heterocycles. The molecular weight excluding hydrogens is 166 g/mol. The van der Waals surface area contributed by atoms with Crippen molar-refractivity contribution in [3.8, 4) is 0 Å². The van der Waals surface area contributed by atoms with Crippen LogP contribution in [0.25, 0.3) is 6.20 Å². The fourth-order valence-corrected chi connectivity index (χ4v) is 1.07. The van der Waals surface area contributed by atoms with Crippen LogP contribution < -0.4 is 5.32 Å². The SMILES string of the molecule is C=Cn1cc(CC(=O)NC)nc1C. The molecule has 1 aromatic rings. The minimum Gasteiger partial charge on any atom is -0.359 e. The summed E-state index contributed by atoms with van der Waals surface area (Å²) in [6.45, 7) is 5.50. The van der Waals surface area contributed by atoms with Crippen LogP contribution in [-0.2, 0) is 11.2 Å². The molecule has 0 aliphatic heterocycles. The molecule has 1 aromatic heterocycles. The second-order valence-corrected chi connectivity index (χ2v) is 2.72. The van der Waals surface area contributed by atoms with E-state index in [1.807, 2.05) is 6.92 Å². The van der Waals surface area contributed by atoms with E-state index in [9.17, 15) is 4.79 Å². The minimum absolute atomic E-state index is 0.0336. The zero-order chi connectivity index (χ0) is 9.84. The monoisotopic (exact) mass is 179 g/mol. The van der Waals surface area contributed by atoms with Crippen molar-refractivity contribution in [2.45, 2.75) is 13.3 Å². The summed E-state index contributed by atoms with van der Waals surface area (Å²) in [7, 11) is 1.61. The van der Waals surface area contributed by atoms with E-state index in [0.29, 0.717) is 6.42 Å². The first-order chi connectivity index (χ1) is 6.17. The second-order valence-electron chi connectivity index (χ2n) is 2.72. The Balaban J connectivity index is 2.79. The Morgan fingerprint density at radius 1 is 1.85 bits per heavy atom. The normalized spacial score (nSPS) is 9.69. The third-order valence-electron chi connectivity index (χ3n) is 1.78. The summed E-state index contributed by atoms with van der Waals surface area (Å²) in [5.41, 5.74) is 0.761. The molecule has 0 aromatic carbocycles. The fourth-order valence-electron chi connectivity index (χ4n) is 1.07. The van der Waals surface area contributed by atoms with Gasteiger partial charge in [-0.15, -0.1) is 0 Å². The van der Waals surface area contributed by atoms with Crippen molar-refractivity contribution in [3.63, 3.8) is 0 Å². The van der Waals surface area contributed by atoms with Gasteiger partial charge >= 0.3 is 0 Å². The Hall–Kier alpha value is -1.58. The molecule has 0 radical (unpaired) electrons. The van der Waals surface area contributed by atoms with Gasteiger partial charge < -0.3 is 9.88 Å². The first-order valence-corrected chi connectivity index (χ1v) is 4.05. The second kappa shape index (κ2) is 3.89. The molecule has 0 saturated carbocycles. The number of nitrogens with zero attached hydrogens (tertiary/aromatic N) is 2. The number of imidazole rings is 1. The predicted molar refractivity (Wildman–Crippen MR) is 51.1 cm³/mol. The summed E-state index contributed by atoms with van der Waals surface area (Å²) >= 11 is 0. The maximum atomic E-state index is 11.0. The molecule has 13 heavy (non-hydrogen) atoms. The van der Waals surface area contributed by atoms with Crippen LogP contribution in [0.1, 0.15) is 11.5 Å². The first kappa shape index (κ1) is 9.51. The predicted octanol–water partition coefficient (Wildman–Crippen LogP) is 0.581. The molecule has 1 rings (SSSR count). The number of likely N-dealkylation sites (N-methyl/N-ethyl adjacent to an activating group) is 1. The quantitative estimate of drug-likeness (QED) is 0.737. The Morgan fingerprint density at radius 3 is 3.00 bits per heavy atom. The maximum absolute atomic E-state index is 11.0. The molecule has 1 N–H and O–H groups in total. The largest absolute Gasteiger partial charge is 0.359 e. The fraction of sp³-hybridized carbons (Fsp3) is 0.333. The van der Waals surface area contributed by atoms with Gasteiger partial charge in [0.05, 0.1) is 12.1 Å². The molecular formula is C9H13N3O. The third-order valence-corrected chi connectivity index (χ3v) is 1.78. The van der Waals surface area contributed by atoms with Crippen molar-refractivity contribution in [3.05, 3.63) is 24.3 Å². The molecule has 0 atom stereocenters. The summed E-state index contributed by atoms with van der Waals surface area (Å²) in [4.78, 5) is 15.2. The van der Waals surface area contributed by atoms with E-state index < -0.39 is 0 Å². The van der Waals surface area contributed by atoms with Gasteiger partial charge in [0.1, 0.15) is 5.82 Å². The number of hydrogen-bond donors (Lipinski definition) is 1. The standard InChI is InChI=1S/C9H13N3O/c1-4-12-6-8(11-7(12)2)5-9(13)10-3/h4,6H,1,5H2,2-3H3,(H,10,13). The molecule has 0 unspecified atom stereocenters. The van der Waals surface area contributed by atoms with E-state index in [4.69, 9.17) is 0 Å². The molecule has 0 aliphatic rings. The highest BCUT2D eigenvalue weighted by Crippen LogP contribution is 2.02. The molecule has 0 aliphatic carbocycles. The highest BCUT2D eigenvalue weighted by atomic mass is 16.1. The van der Waals surface area contributed by atoms with Crippen molar-refractivity contribution >= 4 is 12.1 Å². The number of nitrogens with one attached hydrogen (secondary N) is 1. The number of aromatic nitrogens is 2. The van der Waals surface area contributed by atoms with Gasteiger partial charge in [0, 0.05) is 19.4 Å². The van der Waals surface area contributed by atoms with Crippen molar-refractivity contribution in [2.24, 2.45) is 0 Å². The van der Waals surface area contributed by atoms with Crippen LogP contribution in [0.15, 0.2) is 12.8 Å².